The highest BCUT2D eigenvalue weighted by molar-refractivity contribution is 9.10. The van der Waals surface area contributed by atoms with Gasteiger partial charge in [0, 0.05) is 25.0 Å². The van der Waals surface area contributed by atoms with Crippen molar-refractivity contribution in [3.8, 4) is 0 Å². The molecule has 124 valence electrons. The lowest BCUT2D eigenvalue weighted by molar-refractivity contribution is 0.0783. The Kier molecular flexibility index (Phi) is 4.22. The maximum absolute atomic E-state index is 13.0. The van der Waals surface area contributed by atoms with Crippen molar-refractivity contribution in [2.24, 2.45) is 0 Å². The van der Waals surface area contributed by atoms with Crippen molar-refractivity contribution >= 4 is 43.4 Å². The van der Waals surface area contributed by atoms with E-state index in [0.29, 0.717) is 6.54 Å². The Hall–Kier alpha value is -1.59. The van der Waals surface area contributed by atoms with Crippen molar-refractivity contribution in [2.75, 3.05) is 13.1 Å². The lowest BCUT2D eigenvalue weighted by atomic mass is 10.1. The summed E-state index contributed by atoms with van der Waals surface area (Å²) < 4.78 is 4.40. The monoisotopic (exact) mass is 402 g/mol. The number of halogens is 1. The molecule has 1 fully saturated rings. The summed E-state index contributed by atoms with van der Waals surface area (Å²) in [5.74, 6) is 0.162. The zero-order valence-electron chi connectivity index (χ0n) is 13.6. The number of carbonyl (C=O) groups is 1. The second-order valence-electron chi connectivity index (χ2n) is 6.40. The highest BCUT2D eigenvalue weighted by Gasteiger charge is 2.25. The number of carbonyl (C=O) groups excluding carboxylic acids is 1. The van der Waals surface area contributed by atoms with E-state index in [4.69, 9.17) is 0 Å². The minimum absolute atomic E-state index is 0.162. The summed E-state index contributed by atoms with van der Waals surface area (Å²) in [7, 11) is 0. The molecule has 0 N–H and O–H groups in total. The van der Waals surface area contributed by atoms with Crippen LogP contribution in [-0.2, 0) is 6.54 Å². The molecule has 0 radical (unpaired) electrons. The summed E-state index contributed by atoms with van der Waals surface area (Å²) in [5.41, 5.74) is 4.40. The van der Waals surface area contributed by atoms with Crippen LogP contribution in [0.2, 0.25) is 0 Å². The van der Waals surface area contributed by atoms with Gasteiger partial charge in [-0.3, -0.25) is 4.79 Å². The van der Waals surface area contributed by atoms with Crippen molar-refractivity contribution < 1.29 is 4.79 Å². The molecule has 2 aromatic heterocycles. The quantitative estimate of drug-likeness (QED) is 0.600. The molecule has 24 heavy (non-hydrogen) atoms. The zero-order valence-corrected chi connectivity index (χ0v) is 16.0. The topological polar surface area (TPSA) is 25.2 Å². The molecule has 0 spiro atoms. The fraction of sp³-hybridized carbons (Fsp3) is 0.316. The third-order valence-corrected chi connectivity index (χ3v) is 6.48. The van der Waals surface area contributed by atoms with E-state index in [1.807, 2.05) is 4.90 Å². The average Bonchev–Trinajstić information content (AvgIpc) is 3.29. The number of likely N-dealkylation sites (tertiary alicyclic amines) is 1. The van der Waals surface area contributed by atoms with Crippen LogP contribution < -0.4 is 0 Å². The minimum atomic E-state index is 0.162. The van der Waals surface area contributed by atoms with Crippen molar-refractivity contribution in [3.63, 3.8) is 0 Å². The third-order valence-electron chi connectivity index (χ3n) is 4.65. The van der Waals surface area contributed by atoms with Gasteiger partial charge in [0.25, 0.3) is 5.91 Å². The number of rotatable bonds is 3. The van der Waals surface area contributed by atoms with Gasteiger partial charge in [0.05, 0.1) is 14.7 Å². The summed E-state index contributed by atoms with van der Waals surface area (Å²) in [4.78, 5) is 15.0. The van der Waals surface area contributed by atoms with Gasteiger partial charge in [0.15, 0.2) is 0 Å². The third kappa shape index (κ3) is 2.80. The normalized spacial score (nSPS) is 14.7. The van der Waals surface area contributed by atoms with Gasteiger partial charge in [0.1, 0.15) is 5.69 Å². The summed E-state index contributed by atoms with van der Waals surface area (Å²) in [5, 5.41) is 2.10. The Morgan fingerprint density at radius 1 is 1.21 bits per heavy atom. The smallest absolute Gasteiger partial charge is 0.270 e. The lowest BCUT2D eigenvalue weighted by Crippen LogP contribution is -2.29. The van der Waals surface area contributed by atoms with Gasteiger partial charge in [-0.15, -0.1) is 11.3 Å². The molecule has 3 aromatic rings. The first-order valence-corrected chi connectivity index (χ1v) is 9.92. The minimum Gasteiger partial charge on any atom is -0.337 e. The number of hydrogen-bond donors (Lipinski definition) is 0. The number of amides is 1. The van der Waals surface area contributed by atoms with Gasteiger partial charge in [0.2, 0.25) is 0 Å². The molecule has 0 atom stereocenters. The molecule has 3 heterocycles. The highest BCUT2D eigenvalue weighted by atomic mass is 79.9. The molecule has 3 nitrogen and oxygen atoms in total. The summed E-state index contributed by atoms with van der Waals surface area (Å²) in [6.45, 7) is 4.57. The molecule has 1 aliphatic rings. The standard InChI is InChI=1S/C19H19BrN2OS/c1-13-4-6-14(7-5-13)11-22-16(19(23)21-8-2-3-9-21)10-17-18(22)15(20)12-24-17/h4-7,10,12H,2-3,8-9,11H2,1H3. The summed E-state index contributed by atoms with van der Waals surface area (Å²) >= 11 is 5.34. The highest BCUT2D eigenvalue weighted by Crippen LogP contribution is 2.34. The number of fused-ring (bicyclic) bond motifs is 1. The first-order valence-electron chi connectivity index (χ1n) is 8.24. The fourth-order valence-electron chi connectivity index (χ4n) is 3.33. The Labute approximate surface area is 154 Å². The van der Waals surface area contributed by atoms with E-state index in [1.165, 1.54) is 11.1 Å². The van der Waals surface area contributed by atoms with Crippen LogP contribution in [0.25, 0.3) is 10.2 Å². The average molecular weight is 403 g/mol. The van der Waals surface area contributed by atoms with Gasteiger partial charge >= 0.3 is 0 Å². The largest absolute Gasteiger partial charge is 0.337 e. The lowest BCUT2D eigenvalue weighted by Gasteiger charge is -2.17. The van der Waals surface area contributed by atoms with Crippen LogP contribution in [0.1, 0.15) is 34.5 Å². The predicted molar refractivity (Wildman–Crippen MR) is 103 cm³/mol. The van der Waals surface area contributed by atoms with Gasteiger partial charge in [-0.2, -0.15) is 0 Å². The number of aryl methyl sites for hydroxylation is 1. The van der Waals surface area contributed by atoms with Gasteiger partial charge in [-0.25, -0.2) is 0 Å². The van der Waals surface area contributed by atoms with Crippen LogP contribution in [0.4, 0.5) is 0 Å². The van der Waals surface area contributed by atoms with Crippen LogP contribution in [0.15, 0.2) is 40.2 Å². The van der Waals surface area contributed by atoms with Crippen molar-refractivity contribution in [1.29, 1.82) is 0 Å². The first-order chi connectivity index (χ1) is 11.6. The number of nitrogens with zero attached hydrogens (tertiary/aromatic N) is 2. The predicted octanol–water partition coefficient (Wildman–Crippen LogP) is 5.06. The number of thiophene rings is 1. The van der Waals surface area contributed by atoms with Gasteiger partial charge in [-0.05, 0) is 47.3 Å². The molecule has 0 saturated carbocycles. The first kappa shape index (κ1) is 15.9. The van der Waals surface area contributed by atoms with Gasteiger partial charge in [-0.1, -0.05) is 29.8 Å². The van der Waals surface area contributed by atoms with E-state index < -0.39 is 0 Å². The van der Waals surface area contributed by atoms with E-state index in [9.17, 15) is 4.79 Å². The molecule has 0 aliphatic carbocycles. The van der Waals surface area contributed by atoms with Crippen LogP contribution in [0.3, 0.4) is 0 Å². The van der Waals surface area contributed by atoms with Crippen LogP contribution in [0, 0.1) is 6.92 Å². The molecule has 1 aliphatic heterocycles. The molecule has 4 rings (SSSR count). The van der Waals surface area contributed by atoms with E-state index in [-0.39, 0.29) is 5.91 Å². The van der Waals surface area contributed by atoms with Crippen molar-refractivity contribution in [3.05, 3.63) is 57.0 Å². The molecule has 5 heteroatoms. The Bertz CT molecular complexity index is 888. The SMILES string of the molecule is Cc1ccc(Cn2c(C(=O)N3CCCC3)cc3scc(Br)c32)cc1. The van der Waals surface area contributed by atoms with E-state index in [0.717, 1.165) is 46.3 Å². The van der Waals surface area contributed by atoms with Crippen LogP contribution in [-0.4, -0.2) is 28.5 Å². The molecule has 0 bridgehead atoms. The number of benzene rings is 1. The number of aromatic nitrogens is 1. The van der Waals surface area contributed by atoms with Crippen molar-refractivity contribution in [2.45, 2.75) is 26.3 Å². The Morgan fingerprint density at radius 2 is 1.92 bits per heavy atom. The summed E-state index contributed by atoms with van der Waals surface area (Å²) in [6.07, 6.45) is 2.23. The molecular weight excluding hydrogens is 384 g/mol. The summed E-state index contributed by atoms with van der Waals surface area (Å²) in [6, 6.07) is 10.6. The maximum Gasteiger partial charge on any atom is 0.270 e. The molecule has 0 unspecified atom stereocenters. The second-order valence-corrected chi connectivity index (χ2v) is 8.16. The maximum atomic E-state index is 13.0. The number of hydrogen-bond acceptors (Lipinski definition) is 2. The van der Waals surface area contributed by atoms with Crippen molar-refractivity contribution in [1.82, 2.24) is 9.47 Å². The Morgan fingerprint density at radius 3 is 2.62 bits per heavy atom. The van der Waals surface area contributed by atoms with Gasteiger partial charge < -0.3 is 9.47 Å². The zero-order chi connectivity index (χ0) is 16.7. The van der Waals surface area contributed by atoms with E-state index >= 15 is 0 Å². The molecule has 1 amide bonds. The fourth-order valence-corrected chi connectivity index (χ4v) is 5.02. The van der Waals surface area contributed by atoms with Crippen LogP contribution >= 0.6 is 27.3 Å². The van der Waals surface area contributed by atoms with E-state index in [1.54, 1.807) is 11.3 Å². The Balaban J connectivity index is 1.78. The molecular formula is C19H19BrN2OS. The molecule has 1 aromatic carbocycles. The molecule has 1 saturated heterocycles. The second kappa shape index (κ2) is 6.37. The van der Waals surface area contributed by atoms with E-state index in [2.05, 4.69) is 63.1 Å². The van der Waals surface area contributed by atoms with Crippen LogP contribution in [0.5, 0.6) is 0 Å².